The van der Waals surface area contributed by atoms with Gasteiger partial charge in [0.2, 0.25) is 0 Å². The molecule has 1 unspecified atom stereocenters. The molecule has 7 heteroatoms. The lowest BCUT2D eigenvalue weighted by Gasteiger charge is -2.23. The lowest BCUT2D eigenvalue weighted by molar-refractivity contribution is 0.0380. The Morgan fingerprint density at radius 3 is 2.48 bits per heavy atom. The van der Waals surface area contributed by atoms with Gasteiger partial charge in [-0.15, -0.1) is 5.11 Å². The first-order chi connectivity index (χ1) is 13.0. The number of likely N-dealkylation sites (N-methyl/N-ethyl adjacent to an activating group) is 1. The van der Waals surface area contributed by atoms with Crippen LogP contribution in [0, 0.1) is 0 Å². The van der Waals surface area contributed by atoms with Gasteiger partial charge in [-0.2, -0.15) is 5.11 Å². The van der Waals surface area contributed by atoms with Gasteiger partial charge in [0, 0.05) is 23.8 Å². The normalized spacial score (nSPS) is 12.5. The van der Waals surface area contributed by atoms with Crippen molar-refractivity contribution >= 4 is 40.3 Å². The minimum absolute atomic E-state index is 0.374. The van der Waals surface area contributed by atoms with Crippen molar-refractivity contribution in [1.29, 1.82) is 0 Å². The van der Waals surface area contributed by atoms with Gasteiger partial charge < -0.3 is 14.7 Å². The van der Waals surface area contributed by atoms with Crippen LogP contribution < -0.4 is 4.90 Å². The molecule has 2 rings (SSSR count). The minimum Gasteiger partial charge on any atom is -0.391 e. The number of aliphatic hydroxyl groups is 1. The molecule has 0 spiro atoms. The maximum Gasteiger partial charge on any atom is 0.106 e. The van der Waals surface area contributed by atoms with E-state index in [0.717, 1.165) is 24.5 Å². The molecule has 27 heavy (non-hydrogen) atoms. The second kappa shape index (κ2) is 11.2. The first-order valence-corrected chi connectivity index (χ1v) is 9.76. The van der Waals surface area contributed by atoms with Crippen molar-refractivity contribution in [2.45, 2.75) is 26.4 Å². The summed E-state index contributed by atoms with van der Waals surface area (Å²) in [4.78, 5) is 2.20. The van der Waals surface area contributed by atoms with E-state index < -0.39 is 6.10 Å². The third kappa shape index (κ3) is 7.11. The monoisotopic (exact) mass is 409 g/mol. The zero-order valence-electron chi connectivity index (χ0n) is 15.6. The van der Waals surface area contributed by atoms with Crippen molar-refractivity contribution in [2.24, 2.45) is 10.2 Å². The number of benzene rings is 2. The summed E-state index contributed by atoms with van der Waals surface area (Å²) in [5.74, 6) is 0. The Hall–Kier alpha value is -1.66. The van der Waals surface area contributed by atoms with Crippen LogP contribution in [0.1, 0.15) is 20.3 Å². The SMILES string of the molecule is CCC(O)COCCN(CC)c1ccc(N=Nc2cc(Cl)ccc2Cl)cc1. The molecule has 2 aromatic carbocycles. The number of nitrogens with zero attached hydrogens (tertiary/aromatic N) is 3. The molecular weight excluding hydrogens is 385 g/mol. The number of hydrogen-bond acceptors (Lipinski definition) is 5. The lowest BCUT2D eigenvalue weighted by Crippen LogP contribution is -2.28. The van der Waals surface area contributed by atoms with Gasteiger partial charge in [-0.1, -0.05) is 30.1 Å². The molecule has 0 radical (unpaired) electrons. The molecule has 0 heterocycles. The molecule has 0 amide bonds. The van der Waals surface area contributed by atoms with E-state index in [1.165, 1.54) is 0 Å². The van der Waals surface area contributed by atoms with Crippen molar-refractivity contribution in [3.63, 3.8) is 0 Å². The van der Waals surface area contributed by atoms with E-state index in [-0.39, 0.29) is 0 Å². The van der Waals surface area contributed by atoms with Gasteiger partial charge in [0.15, 0.2) is 0 Å². The Bertz CT molecular complexity index is 739. The van der Waals surface area contributed by atoms with Crippen molar-refractivity contribution in [3.05, 3.63) is 52.5 Å². The van der Waals surface area contributed by atoms with Crippen LogP contribution in [0.3, 0.4) is 0 Å². The number of halogens is 2. The molecule has 0 fully saturated rings. The summed E-state index contributed by atoms with van der Waals surface area (Å²) in [6.07, 6.45) is 0.311. The second-order valence-corrected chi connectivity index (χ2v) is 6.87. The van der Waals surface area contributed by atoms with E-state index in [1.807, 2.05) is 31.2 Å². The number of anilines is 1. The standard InChI is InChI=1S/C20H25Cl2N3O2/c1-3-18(26)14-27-12-11-25(4-2)17-8-6-16(7-9-17)23-24-20-13-15(21)5-10-19(20)22/h5-10,13,18,26H,3-4,11-12,14H2,1-2H3. The zero-order chi connectivity index (χ0) is 19.6. The van der Waals surface area contributed by atoms with E-state index in [4.69, 9.17) is 27.9 Å². The van der Waals surface area contributed by atoms with E-state index in [9.17, 15) is 5.11 Å². The largest absolute Gasteiger partial charge is 0.391 e. The molecule has 0 saturated heterocycles. The molecule has 1 atom stereocenters. The number of hydrogen-bond donors (Lipinski definition) is 1. The van der Waals surface area contributed by atoms with Crippen LogP contribution in [0.25, 0.3) is 0 Å². The molecule has 1 N–H and O–H groups in total. The summed E-state index contributed by atoms with van der Waals surface area (Å²) in [5.41, 5.74) is 2.35. The molecule has 0 aromatic heterocycles. The molecule has 146 valence electrons. The Kier molecular flexibility index (Phi) is 9.01. The molecule has 5 nitrogen and oxygen atoms in total. The van der Waals surface area contributed by atoms with Gasteiger partial charge in [0.05, 0.1) is 30.0 Å². The van der Waals surface area contributed by atoms with Crippen LogP contribution in [0.4, 0.5) is 17.1 Å². The fourth-order valence-electron chi connectivity index (χ4n) is 2.39. The highest BCUT2D eigenvalue weighted by atomic mass is 35.5. The van der Waals surface area contributed by atoms with Gasteiger partial charge in [0.25, 0.3) is 0 Å². The Morgan fingerprint density at radius 1 is 1.07 bits per heavy atom. The number of rotatable bonds is 10. The molecular formula is C20H25Cl2N3O2. The smallest absolute Gasteiger partial charge is 0.106 e. The molecule has 0 aliphatic heterocycles. The molecule has 2 aromatic rings. The molecule has 0 aliphatic rings. The number of aliphatic hydroxyl groups excluding tert-OH is 1. The van der Waals surface area contributed by atoms with Crippen molar-refractivity contribution in [2.75, 3.05) is 31.2 Å². The Labute approximate surface area is 170 Å². The highest BCUT2D eigenvalue weighted by Crippen LogP contribution is 2.30. The van der Waals surface area contributed by atoms with Crippen LogP contribution in [0.15, 0.2) is 52.7 Å². The van der Waals surface area contributed by atoms with E-state index in [1.54, 1.807) is 18.2 Å². The van der Waals surface area contributed by atoms with E-state index in [2.05, 4.69) is 22.1 Å². The minimum atomic E-state index is -0.391. The maximum atomic E-state index is 9.52. The Balaban J connectivity index is 1.94. The fraction of sp³-hybridized carbons (Fsp3) is 0.400. The van der Waals surface area contributed by atoms with Gasteiger partial charge >= 0.3 is 0 Å². The average molecular weight is 410 g/mol. The van der Waals surface area contributed by atoms with Crippen molar-refractivity contribution < 1.29 is 9.84 Å². The summed E-state index contributed by atoms with van der Waals surface area (Å²) in [7, 11) is 0. The molecule has 0 aliphatic carbocycles. The summed E-state index contributed by atoms with van der Waals surface area (Å²) in [6.45, 7) is 6.59. The van der Waals surface area contributed by atoms with Crippen molar-refractivity contribution in [3.8, 4) is 0 Å². The summed E-state index contributed by atoms with van der Waals surface area (Å²) >= 11 is 12.0. The van der Waals surface area contributed by atoms with Gasteiger partial charge in [-0.3, -0.25) is 0 Å². The van der Waals surface area contributed by atoms with Crippen LogP contribution in [0.5, 0.6) is 0 Å². The van der Waals surface area contributed by atoms with Gasteiger partial charge in [-0.25, -0.2) is 0 Å². The summed E-state index contributed by atoms with van der Waals surface area (Å²) in [6, 6.07) is 12.9. The van der Waals surface area contributed by atoms with Crippen LogP contribution >= 0.6 is 23.2 Å². The highest BCUT2D eigenvalue weighted by molar-refractivity contribution is 6.35. The number of azo groups is 1. The third-order valence-electron chi connectivity index (χ3n) is 4.06. The Morgan fingerprint density at radius 2 is 1.81 bits per heavy atom. The quantitative estimate of drug-likeness (QED) is 0.385. The first-order valence-electron chi connectivity index (χ1n) is 9.01. The third-order valence-corrected chi connectivity index (χ3v) is 4.62. The van der Waals surface area contributed by atoms with E-state index >= 15 is 0 Å². The average Bonchev–Trinajstić information content (AvgIpc) is 2.69. The van der Waals surface area contributed by atoms with Gasteiger partial charge in [-0.05, 0) is 55.8 Å². The summed E-state index contributed by atoms with van der Waals surface area (Å²) < 4.78 is 5.52. The predicted octanol–water partition coefficient (Wildman–Crippen LogP) is 6.02. The van der Waals surface area contributed by atoms with Crippen LogP contribution in [-0.4, -0.2) is 37.5 Å². The van der Waals surface area contributed by atoms with Crippen molar-refractivity contribution in [1.82, 2.24) is 0 Å². The lowest BCUT2D eigenvalue weighted by atomic mass is 10.2. The van der Waals surface area contributed by atoms with Crippen LogP contribution in [-0.2, 0) is 4.74 Å². The second-order valence-electron chi connectivity index (χ2n) is 6.03. The maximum absolute atomic E-state index is 9.52. The summed E-state index contributed by atoms with van der Waals surface area (Å²) in [5, 5.41) is 19.0. The number of ether oxygens (including phenoxy) is 1. The predicted molar refractivity (Wildman–Crippen MR) is 112 cm³/mol. The zero-order valence-corrected chi connectivity index (χ0v) is 17.1. The fourth-order valence-corrected chi connectivity index (χ4v) is 2.71. The highest BCUT2D eigenvalue weighted by Gasteiger charge is 2.06. The van der Waals surface area contributed by atoms with Crippen LogP contribution in [0.2, 0.25) is 10.0 Å². The first kappa shape index (κ1) is 21.6. The topological polar surface area (TPSA) is 57.4 Å². The van der Waals surface area contributed by atoms with E-state index in [0.29, 0.717) is 35.4 Å². The molecule has 0 bridgehead atoms. The van der Waals surface area contributed by atoms with Gasteiger partial charge in [0.1, 0.15) is 5.69 Å². The molecule has 0 saturated carbocycles.